The molecule has 1 aromatic carbocycles. The van der Waals surface area contributed by atoms with Gasteiger partial charge in [0.1, 0.15) is 0 Å². The molecule has 1 aliphatic carbocycles. The van der Waals surface area contributed by atoms with E-state index in [1.54, 1.807) is 11.8 Å². The normalized spacial score (nSPS) is 18.0. The van der Waals surface area contributed by atoms with E-state index < -0.39 is 0 Å². The molecule has 0 saturated heterocycles. The minimum atomic E-state index is 0.102. The fourth-order valence-electron chi connectivity index (χ4n) is 2.67. The van der Waals surface area contributed by atoms with Crippen LogP contribution in [0.4, 0.5) is 0 Å². The lowest BCUT2D eigenvalue weighted by Gasteiger charge is -2.23. The zero-order valence-electron chi connectivity index (χ0n) is 11.8. The number of carbonyl (C=O) groups is 1. The van der Waals surface area contributed by atoms with Crippen LogP contribution in [0, 0.1) is 5.92 Å². The molecule has 0 aliphatic heterocycles. The highest BCUT2D eigenvalue weighted by Crippen LogP contribution is 2.25. The van der Waals surface area contributed by atoms with Crippen molar-refractivity contribution >= 4 is 17.7 Å². The zero-order chi connectivity index (χ0) is 13.7. The standard InChI is InChI=1S/C16H23NOS/c1-12(13-8-10-15(19-2)11-9-13)17-16(18)14-6-4-3-5-7-14/h8-12,14H,3-7H2,1-2H3,(H,17,18)/t12-/m1/s1. The van der Waals surface area contributed by atoms with E-state index in [1.807, 2.05) is 0 Å². The number of carbonyl (C=O) groups excluding carboxylic acids is 1. The highest BCUT2D eigenvalue weighted by Gasteiger charge is 2.22. The summed E-state index contributed by atoms with van der Waals surface area (Å²) in [6, 6.07) is 8.55. The largest absolute Gasteiger partial charge is 0.349 e. The monoisotopic (exact) mass is 277 g/mol. The van der Waals surface area contributed by atoms with E-state index in [4.69, 9.17) is 0 Å². The summed E-state index contributed by atoms with van der Waals surface area (Å²) >= 11 is 1.74. The maximum atomic E-state index is 12.2. The van der Waals surface area contributed by atoms with E-state index in [-0.39, 0.29) is 17.9 Å². The van der Waals surface area contributed by atoms with Gasteiger partial charge in [-0.15, -0.1) is 11.8 Å². The third-order valence-corrected chi connectivity index (χ3v) is 4.69. The Morgan fingerprint density at radius 3 is 2.42 bits per heavy atom. The maximum Gasteiger partial charge on any atom is 0.223 e. The lowest BCUT2D eigenvalue weighted by atomic mass is 9.88. The van der Waals surface area contributed by atoms with E-state index in [1.165, 1.54) is 29.7 Å². The van der Waals surface area contributed by atoms with E-state index in [0.717, 1.165) is 12.8 Å². The summed E-state index contributed by atoms with van der Waals surface area (Å²) in [5.41, 5.74) is 1.18. The number of amides is 1. The summed E-state index contributed by atoms with van der Waals surface area (Å²) in [7, 11) is 0. The van der Waals surface area contributed by atoms with Crippen molar-refractivity contribution in [2.75, 3.05) is 6.26 Å². The Morgan fingerprint density at radius 2 is 1.84 bits per heavy atom. The predicted molar refractivity (Wildman–Crippen MR) is 81.4 cm³/mol. The Kier molecular flexibility index (Phi) is 5.32. The molecule has 3 heteroatoms. The average molecular weight is 277 g/mol. The first kappa shape index (κ1) is 14.4. The maximum absolute atomic E-state index is 12.2. The summed E-state index contributed by atoms with van der Waals surface area (Å²) < 4.78 is 0. The van der Waals surface area contributed by atoms with Crippen molar-refractivity contribution < 1.29 is 4.79 Å². The summed E-state index contributed by atoms with van der Waals surface area (Å²) in [6.45, 7) is 2.06. The van der Waals surface area contributed by atoms with Gasteiger partial charge < -0.3 is 5.32 Å². The number of hydrogen-bond acceptors (Lipinski definition) is 2. The number of hydrogen-bond donors (Lipinski definition) is 1. The highest BCUT2D eigenvalue weighted by atomic mass is 32.2. The van der Waals surface area contributed by atoms with E-state index >= 15 is 0 Å². The Balaban J connectivity index is 1.91. The van der Waals surface area contributed by atoms with Crippen LogP contribution in [-0.4, -0.2) is 12.2 Å². The minimum absolute atomic E-state index is 0.102. The van der Waals surface area contributed by atoms with Crippen LogP contribution in [0.2, 0.25) is 0 Å². The molecule has 2 nitrogen and oxygen atoms in total. The number of rotatable bonds is 4. The first-order chi connectivity index (χ1) is 9.20. The lowest BCUT2D eigenvalue weighted by molar-refractivity contribution is -0.126. The van der Waals surface area contributed by atoms with Crippen LogP contribution >= 0.6 is 11.8 Å². The van der Waals surface area contributed by atoms with Crippen molar-refractivity contribution in [3.8, 4) is 0 Å². The number of nitrogens with one attached hydrogen (secondary N) is 1. The zero-order valence-corrected chi connectivity index (χ0v) is 12.6. The van der Waals surface area contributed by atoms with Gasteiger partial charge >= 0.3 is 0 Å². The van der Waals surface area contributed by atoms with Crippen LogP contribution in [0.3, 0.4) is 0 Å². The fraction of sp³-hybridized carbons (Fsp3) is 0.562. The molecule has 1 aromatic rings. The van der Waals surface area contributed by atoms with Gasteiger partial charge in [0.05, 0.1) is 6.04 Å². The molecule has 104 valence electrons. The Morgan fingerprint density at radius 1 is 1.21 bits per heavy atom. The lowest BCUT2D eigenvalue weighted by Crippen LogP contribution is -2.33. The second kappa shape index (κ2) is 6.99. The molecular weight excluding hydrogens is 254 g/mol. The van der Waals surface area contributed by atoms with Crippen molar-refractivity contribution in [2.24, 2.45) is 5.92 Å². The summed E-state index contributed by atoms with van der Waals surface area (Å²) in [5, 5.41) is 3.16. The first-order valence-corrected chi connectivity index (χ1v) is 8.37. The van der Waals surface area contributed by atoms with Crippen LogP contribution in [0.15, 0.2) is 29.2 Å². The number of benzene rings is 1. The van der Waals surface area contributed by atoms with Gasteiger partial charge in [-0.05, 0) is 43.7 Å². The van der Waals surface area contributed by atoms with Crippen LogP contribution in [0.25, 0.3) is 0 Å². The van der Waals surface area contributed by atoms with Gasteiger partial charge in [0.2, 0.25) is 5.91 Å². The molecule has 2 rings (SSSR count). The van der Waals surface area contributed by atoms with Gasteiger partial charge in [0, 0.05) is 10.8 Å². The van der Waals surface area contributed by atoms with Crippen LogP contribution in [0.1, 0.15) is 50.6 Å². The summed E-state index contributed by atoms with van der Waals surface area (Å²) in [5.74, 6) is 0.475. The second-order valence-electron chi connectivity index (χ2n) is 5.34. The van der Waals surface area contributed by atoms with Crippen molar-refractivity contribution in [3.05, 3.63) is 29.8 Å². The molecule has 0 aromatic heterocycles. The topological polar surface area (TPSA) is 29.1 Å². The van der Waals surface area contributed by atoms with Crippen molar-refractivity contribution in [1.29, 1.82) is 0 Å². The van der Waals surface area contributed by atoms with Crippen molar-refractivity contribution in [2.45, 2.75) is 50.0 Å². The molecule has 1 N–H and O–H groups in total. The van der Waals surface area contributed by atoms with Gasteiger partial charge in [0.25, 0.3) is 0 Å². The van der Waals surface area contributed by atoms with Gasteiger partial charge in [-0.1, -0.05) is 31.4 Å². The molecule has 1 aliphatic rings. The van der Waals surface area contributed by atoms with Crippen LogP contribution < -0.4 is 5.32 Å². The number of thioether (sulfide) groups is 1. The summed E-state index contributed by atoms with van der Waals surface area (Å²) in [6.07, 6.45) is 7.89. The average Bonchev–Trinajstić information content (AvgIpc) is 2.48. The molecule has 1 atom stereocenters. The van der Waals surface area contributed by atoms with Crippen molar-refractivity contribution in [3.63, 3.8) is 0 Å². The Hall–Kier alpha value is -0.960. The third kappa shape index (κ3) is 4.00. The fourth-order valence-corrected chi connectivity index (χ4v) is 3.08. The van der Waals surface area contributed by atoms with Gasteiger partial charge in [-0.25, -0.2) is 0 Å². The van der Waals surface area contributed by atoms with Gasteiger partial charge in [-0.3, -0.25) is 4.79 Å². The molecular formula is C16H23NOS. The minimum Gasteiger partial charge on any atom is -0.349 e. The van der Waals surface area contributed by atoms with Crippen LogP contribution in [-0.2, 0) is 4.79 Å². The molecule has 0 heterocycles. The Bertz CT molecular complexity index is 409. The van der Waals surface area contributed by atoms with E-state index in [0.29, 0.717) is 0 Å². The third-order valence-electron chi connectivity index (χ3n) is 3.95. The quantitative estimate of drug-likeness (QED) is 0.837. The Labute approximate surface area is 120 Å². The van der Waals surface area contributed by atoms with Crippen molar-refractivity contribution in [1.82, 2.24) is 5.32 Å². The SMILES string of the molecule is CSc1ccc([C@@H](C)NC(=O)C2CCCCC2)cc1. The molecule has 0 unspecified atom stereocenters. The highest BCUT2D eigenvalue weighted by molar-refractivity contribution is 7.98. The molecule has 0 bridgehead atoms. The van der Waals surface area contributed by atoms with E-state index in [2.05, 4.69) is 42.8 Å². The molecule has 1 amide bonds. The van der Waals surface area contributed by atoms with Gasteiger partial charge in [-0.2, -0.15) is 0 Å². The predicted octanol–water partition coefficient (Wildman–Crippen LogP) is 4.17. The summed E-state index contributed by atoms with van der Waals surface area (Å²) in [4.78, 5) is 13.4. The smallest absolute Gasteiger partial charge is 0.223 e. The molecule has 1 fully saturated rings. The molecule has 19 heavy (non-hydrogen) atoms. The molecule has 1 saturated carbocycles. The molecule has 0 radical (unpaired) electrons. The van der Waals surface area contributed by atoms with Crippen LogP contribution in [0.5, 0.6) is 0 Å². The van der Waals surface area contributed by atoms with E-state index in [9.17, 15) is 4.79 Å². The van der Waals surface area contributed by atoms with Gasteiger partial charge in [0.15, 0.2) is 0 Å². The molecule has 0 spiro atoms. The second-order valence-corrected chi connectivity index (χ2v) is 6.22. The first-order valence-electron chi connectivity index (χ1n) is 7.15.